The highest BCUT2D eigenvalue weighted by molar-refractivity contribution is 5.00. The molecule has 9 aliphatic rings. The van der Waals surface area contributed by atoms with E-state index in [-0.39, 0.29) is 30.6 Å². The van der Waals surface area contributed by atoms with Crippen molar-refractivity contribution in [2.45, 2.75) is 159 Å². The van der Waals surface area contributed by atoms with Crippen LogP contribution in [0.3, 0.4) is 0 Å². The van der Waals surface area contributed by atoms with E-state index in [1.54, 1.807) is 0 Å². The van der Waals surface area contributed by atoms with Gasteiger partial charge in [-0.1, -0.05) is 38.5 Å². The Hall–Kier alpha value is -0.240. The quantitative estimate of drug-likeness (QED) is 0.332. The summed E-state index contributed by atoms with van der Waals surface area (Å²) in [7, 11) is 0. The molecule has 0 amide bonds. The molecule has 9 rings (SSSR count). The fraction of sp³-hybridized carbons (Fsp3) is 1.00. The zero-order valence-corrected chi connectivity index (χ0v) is 26.6. The molecular weight excluding hydrogens is 540 g/mol. The molecule has 0 aromatic heterocycles. The molecule has 0 N–H and O–H groups in total. The summed E-state index contributed by atoms with van der Waals surface area (Å²) in [5.41, 5.74) is 0. The number of fused-ring (bicyclic) bond motifs is 7. The molecule has 6 nitrogen and oxygen atoms in total. The van der Waals surface area contributed by atoms with Crippen LogP contribution < -0.4 is 0 Å². The van der Waals surface area contributed by atoms with Gasteiger partial charge in [-0.25, -0.2) is 0 Å². The fourth-order valence-electron chi connectivity index (χ4n) is 12.5. The molecular formula is C37H58O6. The van der Waals surface area contributed by atoms with Gasteiger partial charge in [0.15, 0.2) is 18.4 Å². The summed E-state index contributed by atoms with van der Waals surface area (Å²) in [5.74, 6) is 6.17. The van der Waals surface area contributed by atoms with Crippen molar-refractivity contribution < 1.29 is 28.4 Å². The molecule has 12 unspecified atom stereocenters. The van der Waals surface area contributed by atoms with Gasteiger partial charge in [0, 0.05) is 30.8 Å². The van der Waals surface area contributed by atoms with E-state index in [0.29, 0.717) is 36.4 Å². The van der Waals surface area contributed by atoms with Gasteiger partial charge in [0.2, 0.25) is 0 Å². The summed E-state index contributed by atoms with van der Waals surface area (Å²) < 4.78 is 40.4. The van der Waals surface area contributed by atoms with Crippen molar-refractivity contribution in [1.82, 2.24) is 0 Å². The third kappa shape index (κ3) is 5.58. The van der Waals surface area contributed by atoms with Crippen LogP contribution in [0.4, 0.5) is 0 Å². The van der Waals surface area contributed by atoms with Gasteiger partial charge in [-0.2, -0.15) is 0 Å². The van der Waals surface area contributed by atoms with Gasteiger partial charge in [0.1, 0.15) is 6.10 Å². The van der Waals surface area contributed by atoms with Gasteiger partial charge >= 0.3 is 0 Å². The minimum Gasteiger partial charge on any atom is -0.352 e. The lowest BCUT2D eigenvalue weighted by Crippen LogP contribution is -2.48. The zero-order valence-electron chi connectivity index (χ0n) is 26.6. The van der Waals surface area contributed by atoms with E-state index in [2.05, 4.69) is 0 Å². The number of hydrogen-bond donors (Lipinski definition) is 0. The SMILES string of the molecule is C1CC2CC(C1)CC(C1OCCCC(C3C4CCCC3CC(C3OCC(C5CCCOC6(CC7CCC6C7)O5)O3)C4)O1)C2. The van der Waals surface area contributed by atoms with Crippen LogP contribution in [-0.4, -0.2) is 56.5 Å². The molecule has 3 aliphatic heterocycles. The minimum absolute atomic E-state index is 0.0403. The Balaban J connectivity index is 0.843. The second-order valence-electron chi connectivity index (χ2n) is 16.9. The molecule has 6 bridgehead atoms. The molecule has 6 aliphatic carbocycles. The maximum atomic E-state index is 7.11. The first kappa shape index (κ1) is 28.9. The van der Waals surface area contributed by atoms with Crippen LogP contribution in [0.15, 0.2) is 0 Å². The van der Waals surface area contributed by atoms with Crippen molar-refractivity contribution >= 4 is 0 Å². The highest BCUT2D eigenvalue weighted by Gasteiger charge is 2.56. The summed E-state index contributed by atoms with van der Waals surface area (Å²) >= 11 is 0. The van der Waals surface area contributed by atoms with Gasteiger partial charge < -0.3 is 28.4 Å². The second kappa shape index (κ2) is 12.1. The Morgan fingerprint density at radius 3 is 2.00 bits per heavy atom. The van der Waals surface area contributed by atoms with Crippen molar-refractivity contribution in [2.75, 3.05) is 19.8 Å². The molecule has 0 aromatic rings. The first-order chi connectivity index (χ1) is 21.2. The van der Waals surface area contributed by atoms with Gasteiger partial charge in [0.05, 0.1) is 25.4 Å². The highest BCUT2D eigenvalue weighted by atomic mass is 16.8. The van der Waals surface area contributed by atoms with Crippen LogP contribution in [0.1, 0.15) is 122 Å². The lowest BCUT2D eigenvalue weighted by Gasteiger charge is -2.50. The lowest BCUT2D eigenvalue weighted by molar-refractivity contribution is -0.284. The number of hydrogen-bond acceptors (Lipinski definition) is 6. The van der Waals surface area contributed by atoms with Crippen molar-refractivity contribution in [3.63, 3.8) is 0 Å². The van der Waals surface area contributed by atoms with Crippen LogP contribution >= 0.6 is 0 Å². The van der Waals surface area contributed by atoms with E-state index in [1.165, 1.54) is 96.3 Å². The van der Waals surface area contributed by atoms with Crippen molar-refractivity contribution in [2.24, 2.45) is 53.3 Å². The van der Waals surface area contributed by atoms with Gasteiger partial charge in [-0.05, 0) is 113 Å². The zero-order chi connectivity index (χ0) is 28.4. The molecule has 0 aromatic carbocycles. The van der Waals surface area contributed by atoms with Crippen molar-refractivity contribution in [3.8, 4) is 0 Å². The average Bonchev–Trinajstić information content (AvgIpc) is 3.67. The molecule has 0 radical (unpaired) electrons. The predicted octanol–water partition coefficient (Wildman–Crippen LogP) is 7.62. The summed E-state index contributed by atoms with van der Waals surface area (Å²) in [6.07, 6.45) is 25.0. The molecule has 3 saturated heterocycles. The van der Waals surface area contributed by atoms with E-state index >= 15 is 0 Å². The fourth-order valence-corrected chi connectivity index (χ4v) is 12.5. The Labute approximate surface area is 260 Å². The Morgan fingerprint density at radius 1 is 0.488 bits per heavy atom. The topological polar surface area (TPSA) is 55.4 Å². The minimum atomic E-state index is -0.336. The van der Waals surface area contributed by atoms with Crippen LogP contribution in [0.25, 0.3) is 0 Å². The van der Waals surface area contributed by atoms with E-state index in [0.717, 1.165) is 68.5 Å². The largest absolute Gasteiger partial charge is 0.352 e. The molecule has 1 spiro atoms. The molecule has 6 heteroatoms. The maximum absolute atomic E-state index is 7.11. The summed E-state index contributed by atoms with van der Waals surface area (Å²) in [4.78, 5) is 0. The first-order valence-electron chi connectivity index (χ1n) is 19.0. The van der Waals surface area contributed by atoms with Crippen LogP contribution in [0.2, 0.25) is 0 Å². The smallest absolute Gasteiger partial charge is 0.171 e. The van der Waals surface area contributed by atoms with E-state index in [9.17, 15) is 0 Å². The standard InChI is InChI=1S/C37H58O6/c1-5-23-15-24(6-1)17-28(16-23)35-38-13-3-10-32(41-35)34-26-7-2-8-27(34)20-29(19-26)36-39-22-33(42-36)31-9-4-14-40-37(43-31)21-25-11-12-30(37)18-25/h23-36H,1-22H2. The van der Waals surface area contributed by atoms with Gasteiger partial charge in [-0.15, -0.1) is 0 Å². The monoisotopic (exact) mass is 598 g/mol. The molecule has 6 saturated carbocycles. The van der Waals surface area contributed by atoms with Gasteiger partial charge in [0.25, 0.3) is 0 Å². The van der Waals surface area contributed by atoms with Gasteiger partial charge in [-0.3, -0.25) is 0 Å². The normalized spacial score (nSPS) is 55.3. The van der Waals surface area contributed by atoms with Crippen molar-refractivity contribution in [1.29, 1.82) is 0 Å². The number of ether oxygens (including phenoxy) is 6. The Morgan fingerprint density at radius 2 is 1.21 bits per heavy atom. The average molecular weight is 599 g/mol. The molecule has 9 fully saturated rings. The third-order valence-electron chi connectivity index (χ3n) is 14.3. The highest BCUT2D eigenvalue weighted by Crippen LogP contribution is 2.56. The lowest BCUT2D eigenvalue weighted by atomic mass is 9.59. The first-order valence-corrected chi connectivity index (χ1v) is 19.0. The maximum Gasteiger partial charge on any atom is 0.171 e. The summed E-state index contributed by atoms with van der Waals surface area (Å²) in [5, 5.41) is 0. The Bertz CT molecular complexity index is 949. The van der Waals surface area contributed by atoms with Crippen molar-refractivity contribution in [3.05, 3.63) is 0 Å². The number of rotatable bonds is 4. The summed E-state index contributed by atoms with van der Waals surface area (Å²) in [6.45, 7) is 2.41. The van der Waals surface area contributed by atoms with Crippen LogP contribution in [0, 0.1) is 53.3 Å². The Kier molecular flexibility index (Phi) is 8.14. The van der Waals surface area contributed by atoms with E-state index in [4.69, 9.17) is 28.4 Å². The predicted molar refractivity (Wildman–Crippen MR) is 162 cm³/mol. The molecule has 12 atom stereocenters. The molecule has 3 heterocycles. The second-order valence-corrected chi connectivity index (χ2v) is 16.9. The van der Waals surface area contributed by atoms with E-state index in [1.807, 2.05) is 0 Å². The van der Waals surface area contributed by atoms with Crippen LogP contribution in [-0.2, 0) is 28.4 Å². The van der Waals surface area contributed by atoms with E-state index < -0.39 is 0 Å². The molecule has 43 heavy (non-hydrogen) atoms. The summed E-state index contributed by atoms with van der Waals surface area (Å²) in [6, 6.07) is 0. The molecule has 242 valence electrons. The third-order valence-corrected chi connectivity index (χ3v) is 14.3. The van der Waals surface area contributed by atoms with Crippen LogP contribution in [0.5, 0.6) is 0 Å².